The Bertz CT molecular complexity index is 1070. The summed E-state index contributed by atoms with van der Waals surface area (Å²) in [5, 5.41) is 0.530. The number of para-hydroxylation sites is 1. The number of thiophene rings is 1. The summed E-state index contributed by atoms with van der Waals surface area (Å²) in [4.78, 5) is 12.2. The molecule has 0 fully saturated rings. The molecule has 0 saturated carbocycles. The van der Waals surface area contributed by atoms with Gasteiger partial charge in [0.05, 0.1) is 11.1 Å². The highest BCUT2D eigenvalue weighted by molar-refractivity contribution is 7.19. The van der Waals surface area contributed by atoms with Crippen molar-refractivity contribution < 1.29 is 27.0 Å². The van der Waals surface area contributed by atoms with Crippen LogP contribution in [0.1, 0.15) is 39.5 Å². The Kier molecular flexibility index (Phi) is 6.31. The molecule has 0 N–H and O–H groups in total. The molecule has 0 amide bonds. The zero-order chi connectivity index (χ0) is 23.0. The number of hydrogen-bond donors (Lipinski definition) is 0. The number of rotatable bonds is 6. The second kappa shape index (κ2) is 8.49. The van der Waals surface area contributed by atoms with Crippen molar-refractivity contribution >= 4 is 27.2 Å². The fourth-order valence-electron chi connectivity index (χ4n) is 3.21. The van der Waals surface area contributed by atoms with E-state index in [4.69, 9.17) is 4.74 Å². The van der Waals surface area contributed by atoms with Crippen molar-refractivity contribution in [2.75, 3.05) is 18.0 Å². The Balaban J connectivity index is 2.23. The van der Waals surface area contributed by atoms with Crippen molar-refractivity contribution in [1.82, 2.24) is 9.97 Å². The van der Waals surface area contributed by atoms with Crippen LogP contribution in [-0.4, -0.2) is 29.4 Å². The summed E-state index contributed by atoms with van der Waals surface area (Å²) in [5.41, 5.74) is 0.603. The molecule has 0 spiro atoms. The molecule has 2 heterocycles. The first-order valence-electron chi connectivity index (χ1n) is 9.71. The van der Waals surface area contributed by atoms with E-state index in [0.29, 0.717) is 23.3 Å². The highest BCUT2D eigenvalue weighted by Crippen LogP contribution is 2.48. The van der Waals surface area contributed by atoms with Gasteiger partial charge in [0.2, 0.25) is 11.6 Å². The van der Waals surface area contributed by atoms with Crippen LogP contribution in [0.4, 0.5) is 23.2 Å². The van der Waals surface area contributed by atoms with Crippen LogP contribution < -0.4 is 14.4 Å². The van der Waals surface area contributed by atoms with Crippen LogP contribution in [0.2, 0.25) is 0 Å². The Morgan fingerprint density at radius 2 is 1.74 bits per heavy atom. The van der Waals surface area contributed by atoms with Gasteiger partial charge in [0, 0.05) is 18.0 Å². The summed E-state index contributed by atoms with van der Waals surface area (Å²) in [6.45, 7) is 11.5. The van der Waals surface area contributed by atoms with Crippen LogP contribution in [0.25, 0.3) is 10.2 Å². The summed E-state index contributed by atoms with van der Waals surface area (Å²) in [5.74, 6) is -2.50. The van der Waals surface area contributed by atoms with E-state index in [1.165, 1.54) is 17.7 Å². The van der Waals surface area contributed by atoms with E-state index in [-0.39, 0.29) is 11.3 Å². The smallest absolute Gasteiger partial charge is 0.431 e. The largest absolute Gasteiger partial charge is 0.573 e. The lowest BCUT2D eigenvalue weighted by Gasteiger charge is -2.27. The number of halogens is 4. The maximum atomic E-state index is 14.5. The summed E-state index contributed by atoms with van der Waals surface area (Å²) in [6.07, 6.45) is -3.75. The maximum Gasteiger partial charge on any atom is 0.573 e. The van der Waals surface area contributed by atoms with E-state index in [1.807, 2.05) is 13.8 Å². The summed E-state index contributed by atoms with van der Waals surface area (Å²) in [6, 6.07) is 3.10. The summed E-state index contributed by atoms with van der Waals surface area (Å²) in [7, 11) is 0. The van der Waals surface area contributed by atoms with E-state index >= 15 is 0 Å². The molecular weight excluding hydrogens is 434 g/mol. The molecule has 0 saturated heterocycles. The average Bonchev–Trinajstić information content (AvgIpc) is 3.05. The van der Waals surface area contributed by atoms with Crippen molar-refractivity contribution in [1.29, 1.82) is 0 Å². The molecule has 3 aromatic rings. The minimum Gasteiger partial charge on any atom is -0.431 e. The first-order chi connectivity index (χ1) is 14.5. The van der Waals surface area contributed by atoms with Crippen molar-refractivity contribution in [2.24, 2.45) is 0 Å². The Hall–Kier alpha value is -2.62. The summed E-state index contributed by atoms with van der Waals surface area (Å²) < 4.78 is 62.5. The third-order valence-electron chi connectivity index (χ3n) is 4.54. The van der Waals surface area contributed by atoms with Gasteiger partial charge in [0.15, 0.2) is 11.6 Å². The highest BCUT2D eigenvalue weighted by atomic mass is 32.1. The average molecular weight is 457 g/mol. The monoisotopic (exact) mass is 457 g/mol. The Labute approximate surface area is 181 Å². The molecule has 31 heavy (non-hydrogen) atoms. The molecule has 0 radical (unpaired) electrons. The molecule has 3 rings (SSSR count). The Morgan fingerprint density at radius 1 is 1.06 bits per heavy atom. The molecule has 0 bridgehead atoms. The van der Waals surface area contributed by atoms with E-state index in [9.17, 15) is 17.6 Å². The van der Waals surface area contributed by atoms with Gasteiger partial charge >= 0.3 is 6.36 Å². The quantitative estimate of drug-likeness (QED) is 0.387. The molecule has 10 heteroatoms. The van der Waals surface area contributed by atoms with Crippen molar-refractivity contribution in [2.45, 2.75) is 46.4 Å². The molecule has 0 aliphatic carbocycles. The van der Waals surface area contributed by atoms with E-state index in [2.05, 4.69) is 40.4 Å². The van der Waals surface area contributed by atoms with Gasteiger partial charge in [-0.25, -0.2) is 14.4 Å². The van der Waals surface area contributed by atoms with E-state index in [0.717, 1.165) is 28.8 Å². The number of hydrogen-bond acceptors (Lipinski definition) is 6. The van der Waals surface area contributed by atoms with Crippen LogP contribution in [0.3, 0.4) is 0 Å². The maximum absolute atomic E-state index is 14.5. The van der Waals surface area contributed by atoms with E-state index in [1.54, 1.807) is 0 Å². The van der Waals surface area contributed by atoms with Crippen LogP contribution in [0.15, 0.2) is 24.5 Å². The van der Waals surface area contributed by atoms with Crippen LogP contribution in [0.5, 0.6) is 17.4 Å². The van der Waals surface area contributed by atoms with Crippen LogP contribution >= 0.6 is 11.3 Å². The Morgan fingerprint density at radius 3 is 2.32 bits per heavy atom. The number of alkyl halides is 3. The fourth-order valence-corrected chi connectivity index (χ4v) is 4.42. The van der Waals surface area contributed by atoms with Gasteiger partial charge < -0.3 is 14.4 Å². The summed E-state index contributed by atoms with van der Waals surface area (Å²) >= 11 is 1.46. The lowest BCUT2D eigenvalue weighted by atomic mass is 9.92. The molecule has 168 valence electrons. The van der Waals surface area contributed by atoms with Crippen molar-refractivity contribution in [3.63, 3.8) is 0 Å². The van der Waals surface area contributed by atoms with Gasteiger partial charge in [0.1, 0.15) is 11.2 Å². The number of aromatic nitrogens is 2. The predicted octanol–water partition coefficient (Wildman–Crippen LogP) is 6.67. The number of anilines is 1. The molecule has 2 aromatic heterocycles. The molecule has 0 aliphatic rings. The third-order valence-corrected chi connectivity index (χ3v) is 6.06. The van der Waals surface area contributed by atoms with Crippen LogP contribution in [0, 0.1) is 5.82 Å². The minimum absolute atomic E-state index is 0.0317. The number of fused-ring (bicyclic) bond motifs is 1. The van der Waals surface area contributed by atoms with Crippen molar-refractivity contribution in [3.05, 3.63) is 35.2 Å². The number of ether oxygens (including phenoxy) is 2. The second-order valence-electron chi connectivity index (χ2n) is 7.78. The molecule has 0 unspecified atom stereocenters. The van der Waals surface area contributed by atoms with Gasteiger partial charge in [-0.2, -0.15) is 0 Å². The van der Waals surface area contributed by atoms with Gasteiger partial charge in [-0.05, 0) is 31.4 Å². The molecule has 5 nitrogen and oxygen atoms in total. The lowest BCUT2D eigenvalue weighted by molar-refractivity contribution is -0.275. The van der Waals surface area contributed by atoms with E-state index < -0.39 is 23.7 Å². The van der Waals surface area contributed by atoms with Crippen LogP contribution in [-0.2, 0) is 5.41 Å². The molecule has 0 atom stereocenters. The molecular formula is C21H23F4N3O2S. The fraction of sp³-hybridized carbons (Fsp3) is 0.429. The minimum atomic E-state index is -5.00. The van der Waals surface area contributed by atoms with Gasteiger partial charge in [0.25, 0.3) is 0 Å². The third kappa shape index (κ3) is 4.84. The SMILES string of the molecule is CCN(CC)c1c(C(C)(C)C)sc2ncnc(Oc3c(F)cccc3OC(F)(F)F)c12. The topological polar surface area (TPSA) is 47.5 Å². The van der Waals surface area contributed by atoms with Gasteiger partial charge in [-0.15, -0.1) is 24.5 Å². The van der Waals surface area contributed by atoms with Gasteiger partial charge in [-0.1, -0.05) is 26.8 Å². The second-order valence-corrected chi connectivity index (χ2v) is 8.78. The number of benzene rings is 1. The van der Waals surface area contributed by atoms with Gasteiger partial charge in [-0.3, -0.25) is 0 Å². The normalized spacial score (nSPS) is 12.3. The predicted molar refractivity (Wildman–Crippen MR) is 113 cm³/mol. The lowest BCUT2D eigenvalue weighted by Crippen LogP contribution is -2.25. The number of nitrogens with zero attached hydrogens (tertiary/aromatic N) is 3. The standard InChI is InChI=1S/C21H23F4N3O2S/c1-6-28(7-2)15-14-18(26-11-27-19(14)31-17(15)20(3,4)5)29-16-12(22)9-8-10-13(16)30-21(23,24)25/h8-11H,6-7H2,1-5H3. The first kappa shape index (κ1) is 23.1. The molecule has 0 aliphatic heterocycles. The first-order valence-corrected chi connectivity index (χ1v) is 10.5. The molecule has 1 aromatic carbocycles. The highest BCUT2D eigenvalue weighted by Gasteiger charge is 2.34. The van der Waals surface area contributed by atoms with Crippen molar-refractivity contribution in [3.8, 4) is 17.4 Å². The zero-order valence-corrected chi connectivity index (χ0v) is 18.6. The zero-order valence-electron chi connectivity index (χ0n) is 17.8.